The van der Waals surface area contributed by atoms with Crippen LogP contribution in [0.1, 0.15) is 21.7 Å². The van der Waals surface area contributed by atoms with Gasteiger partial charge in [0.25, 0.3) is 0 Å². The first-order valence-corrected chi connectivity index (χ1v) is 9.38. The van der Waals surface area contributed by atoms with E-state index in [1.807, 2.05) is 25.1 Å². The number of aryl methyl sites for hydroxylation is 1. The molecular formula is C21H20N2OS. The smallest absolute Gasteiger partial charge is 0.226 e. The molecule has 0 atom stereocenters. The molecule has 0 aliphatic heterocycles. The van der Waals surface area contributed by atoms with Crippen LogP contribution in [-0.4, -0.2) is 16.9 Å². The highest BCUT2D eigenvalue weighted by molar-refractivity contribution is 7.15. The molecule has 25 heavy (non-hydrogen) atoms. The number of thiazole rings is 1. The number of amides is 1. The molecule has 1 heterocycles. The van der Waals surface area contributed by atoms with Gasteiger partial charge in [-0.05, 0) is 30.9 Å². The minimum atomic E-state index is 0.0609. The van der Waals surface area contributed by atoms with Gasteiger partial charge in [-0.15, -0.1) is 11.3 Å². The maximum Gasteiger partial charge on any atom is 0.226 e. The van der Waals surface area contributed by atoms with Gasteiger partial charge in [0.2, 0.25) is 5.91 Å². The Morgan fingerprint density at radius 1 is 1.08 bits per heavy atom. The Morgan fingerprint density at radius 2 is 1.72 bits per heavy atom. The summed E-state index contributed by atoms with van der Waals surface area (Å²) in [7, 11) is 0. The van der Waals surface area contributed by atoms with Crippen LogP contribution in [0.5, 0.6) is 0 Å². The summed E-state index contributed by atoms with van der Waals surface area (Å²) in [6.07, 6.45) is 2.20. The van der Waals surface area contributed by atoms with Crippen LogP contribution < -0.4 is 5.32 Å². The van der Waals surface area contributed by atoms with Crippen molar-refractivity contribution >= 4 is 17.2 Å². The van der Waals surface area contributed by atoms with Crippen LogP contribution in [0.15, 0.2) is 54.6 Å². The molecule has 126 valence electrons. The lowest BCUT2D eigenvalue weighted by molar-refractivity contribution is -0.121. The molecule has 0 bridgehead atoms. The largest absolute Gasteiger partial charge is 0.352 e. The molecule has 0 unspecified atom stereocenters. The van der Waals surface area contributed by atoms with E-state index < -0.39 is 0 Å². The zero-order valence-electron chi connectivity index (χ0n) is 14.2. The van der Waals surface area contributed by atoms with Crippen LogP contribution in [0.2, 0.25) is 0 Å². The van der Waals surface area contributed by atoms with E-state index in [0.717, 1.165) is 34.0 Å². The zero-order chi connectivity index (χ0) is 17.2. The fourth-order valence-corrected chi connectivity index (χ4v) is 4.32. The number of carbonyl (C=O) groups is 1. The van der Waals surface area contributed by atoms with Gasteiger partial charge in [0.1, 0.15) is 5.01 Å². The van der Waals surface area contributed by atoms with Gasteiger partial charge in [-0.25, -0.2) is 4.98 Å². The van der Waals surface area contributed by atoms with E-state index in [1.165, 1.54) is 11.1 Å². The molecule has 1 aromatic heterocycles. The van der Waals surface area contributed by atoms with Gasteiger partial charge < -0.3 is 5.32 Å². The lowest BCUT2D eigenvalue weighted by Crippen LogP contribution is -2.36. The first-order chi connectivity index (χ1) is 12.2. The molecule has 0 radical (unpaired) electrons. The van der Waals surface area contributed by atoms with Crippen molar-refractivity contribution in [1.29, 1.82) is 0 Å². The fourth-order valence-electron chi connectivity index (χ4n) is 3.39. The second kappa shape index (κ2) is 6.81. The van der Waals surface area contributed by atoms with Crippen LogP contribution in [0.25, 0.3) is 10.6 Å². The van der Waals surface area contributed by atoms with Crippen molar-refractivity contribution in [2.24, 2.45) is 0 Å². The van der Waals surface area contributed by atoms with Gasteiger partial charge in [0.15, 0.2) is 0 Å². The van der Waals surface area contributed by atoms with E-state index >= 15 is 0 Å². The van der Waals surface area contributed by atoms with Crippen LogP contribution >= 0.6 is 11.3 Å². The Hall–Kier alpha value is -2.46. The topological polar surface area (TPSA) is 42.0 Å². The average molecular weight is 348 g/mol. The molecule has 4 heteroatoms. The predicted molar refractivity (Wildman–Crippen MR) is 102 cm³/mol. The molecule has 1 aliphatic carbocycles. The summed E-state index contributed by atoms with van der Waals surface area (Å²) < 4.78 is 0. The first-order valence-electron chi connectivity index (χ1n) is 8.57. The number of fused-ring (bicyclic) bond motifs is 1. The number of carbonyl (C=O) groups excluding carboxylic acids is 1. The maximum absolute atomic E-state index is 12.5. The van der Waals surface area contributed by atoms with Crippen molar-refractivity contribution in [3.05, 3.63) is 76.3 Å². The molecule has 0 saturated heterocycles. The second-order valence-electron chi connectivity index (χ2n) is 6.51. The Morgan fingerprint density at radius 3 is 2.40 bits per heavy atom. The number of nitrogens with zero attached hydrogens (tertiary/aromatic N) is 1. The van der Waals surface area contributed by atoms with E-state index in [0.29, 0.717) is 6.42 Å². The minimum Gasteiger partial charge on any atom is -0.352 e. The summed E-state index contributed by atoms with van der Waals surface area (Å²) in [6.45, 7) is 2.04. The highest BCUT2D eigenvalue weighted by Gasteiger charge is 2.23. The zero-order valence-corrected chi connectivity index (χ0v) is 15.0. The molecule has 1 N–H and O–H groups in total. The third-order valence-electron chi connectivity index (χ3n) is 4.66. The Bertz CT molecular complexity index is 876. The van der Waals surface area contributed by atoms with E-state index in [-0.39, 0.29) is 11.9 Å². The van der Waals surface area contributed by atoms with E-state index in [9.17, 15) is 4.79 Å². The summed E-state index contributed by atoms with van der Waals surface area (Å²) >= 11 is 1.65. The van der Waals surface area contributed by atoms with Gasteiger partial charge in [-0.2, -0.15) is 0 Å². The van der Waals surface area contributed by atoms with Gasteiger partial charge in [0, 0.05) is 16.5 Å². The molecule has 3 aromatic rings. The summed E-state index contributed by atoms with van der Waals surface area (Å²) in [6, 6.07) is 18.8. The fraction of sp³-hybridized carbons (Fsp3) is 0.238. The van der Waals surface area contributed by atoms with Crippen molar-refractivity contribution in [3.8, 4) is 10.6 Å². The molecule has 2 aromatic carbocycles. The van der Waals surface area contributed by atoms with Crippen LogP contribution in [0.3, 0.4) is 0 Å². The van der Waals surface area contributed by atoms with Crippen molar-refractivity contribution < 1.29 is 4.79 Å². The number of hydrogen-bond donors (Lipinski definition) is 1. The molecule has 3 nitrogen and oxygen atoms in total. The molecule has 1 amide bonds. The Labute approximate surface area is 151 Å². The summed E-state index contributed by atoms with van der Waals surface area (Å²) in [5.41, 5.74) is 4.69. The minimum absolute atomic E-state index is 0.0609. The normalized spacial score (nSPS) is 13.6. The standard InChI is InChI=1S/C21H20N2OS/c1-14-19(23-21(25-14)15-7-3-2-4-8-15)13-20(24)22-18-11-16-9-5-6-10-17(16)12-18/h2-10,18H,11-13H2,1H3,(H,22,24). The van der Waals surface area contributed by atoms with Gasteiger partial charge >= 0.3 is 0 Å². The number of rotatable bonds is 4. The molecule has 0 spiro atoms. The lowest BCUT2D eigenvalue weighted by atomic mass is 10.1. The average Bonchev–Trinajstić information content (AvgIpc) is 3.18. The third-order valence-corrected chi connectivity index (χ3v) is 5.72. The van der Waals surface area contributed by atoms with E-state index in [4.69, 9.17) is 4.98 Å². The maximum atomic E-state index is 12.5. The Balaban J connectivity index is 1.41. The highest BCUT2D eigenvalue weighted by atomic mass is 32.1. The highest BCUT2D eigenvalue weighted by Crippen LogP contribution is 2.28. The Kier molecular flexibility index (Phi) is 4.36. The van der Waals surface area contributed by atoms with E-state index in [1.54, 1.807) is 11.3 Å². The van der Waals surface area contributed by atoms with Crippen LogP contribution in [0, 0.1) is 6.92 Å². The number of nitrogens with one attached hydrogen (secondary N) is 1. The van der Waals surface area contributed by atoms with Crippen molar-refractivity contribution in [2.75, 3.05) is 0 Å². The third kappa shape index (κ3) is 3.49. The molecule has 0 saturated carbocycles. The molecule has 0 fully saturated rings. The van der Waals surface area contributed by atoms with Crippen molar-refractivity contribution in [3.63, 3.8) is 0 Å². The summed E-state index contributed by atoms with van der Waals surface area (Å²) in [5, 5.41) is 4.16. The monoisotopic (exact) mass is 348 g/mol. The lowest BCUT2D eigenvalue weighted by Gasteiger charge is -2.11. The SMILES string of the molecule is Cc1sc(-c2ccccc2)nc1CC(=O)NC1Cc2ccccc2C1. The van der Waals surface area contributed by atoms with Crippen molar-refractivity contribution in [2.45, 2.75) is 32.2 Å². The van der Waals surface area contributed by atoms with Gasteiger partial charge in [0.05, 0.1) is 12.1 Å². The van der Waals surface area contributed by atoms with Gasteiger partial charge in [-0.3, -0.25) is 4.79 Å². The van der Waals surface area contributed by atoms with Crippen LogP contribution in [0.4, 0.5) is 0 Å². The molecule has 4 rings (SSSR count). The second-order valence-corrected chi connectivity index (χ2v) is 7.71. The summed E-state index contributed by atoms with van der Waals surface area (Å²) in [5.74, 6) is 0.0609. The quantitative estimate of drug-likeness (QED) is 0.776. The van der Waals surface area contributed by atoms with Gasteiger partial charge in [-0.1, -0.05) is 54.6 Å². The first kappa shape index (κ1) is 16.0. The van der Waals surface area contributed by atoms with E-state index in [2.05, 4.69) is 41.7 Å². The van der Waals surface area contributed by atoms with Crippen molar-refractivity contribution in [1.82, 2.24) is 10.3 Å². The molecule has 1 aliphatic rings. The number of benzene rings is 2. The predicted octanol–water partition coefficient (Wildman–Crippen LogP) is 3.94. The summed E-state index contributed by atoms with van der Waals surface area (Å²) in [4.78, 5) is 18.3. The van der Waals surface area contributed by atoms with Crippen LogP contribution in [-0.2, 0) is 24.1 Å². The number of hydrogen-bond acceptors (Lipinski definition) is 3. The molecular weight excluding hydrogens is 328 g/mol. The number of aromatic nitrogens is 1.